The molecule has 0 saturated carbocycles. The molecule has 0 rings (SSSR count). The van der Waals surface area contributed by atoms with Gasteiger partial charge >= 0.3 is 91.5 Å². The Kier molecular flexibility index (Phi) is 21.5. The average Bonchev–Trinajstić information content (AvgIpc) is 3.14. The van der Waals surface area contributed by atoms with Crippen molar-refractivity contribution in [1.29, 1.82) is 0 Å². The van der Waals surface area contributed by atoms with Crippen LogP contribution in [-0.4, -0.2) is 141 Å². The van der Waals surface area contributed by atoms with Gasteiger partial charge in [0.1, 0.15) is 19.8 Å². The zero-order chi connectivity index (χ0) is 49.8. The molecule has 0 amide bonds. The largest absolute Gasteiger partial charge is 0.473 e. The molecule has 0 unspecified atom stereocenters. The van der Waals surface area contributed by atoms with Crippen molar-refractivity contribution in [3.63, 3.8) is 0 Å². The molecule has 0 saturated heterocycles. The van der Waals surface area contributed by atoms with Gasteiger partial charge in [-0.2, -0.15) is 74.6 Å². The molecule has 0 aliphatic rings. The van der Waals surface area contributed by atoms with Crippen molar-refractivity contribution in [1.82, 2.24) is 0 Å². The van der Waals surface area contributed by atoms with E-state index in [2.05, 4.69) is 24.5 Å². The SMILES string of the molecule is C=CC(=O)OCCO[SiH2]O[Si](CCCC(F)(F)C(F)(F)C(F)(F)C(F)(F)C(F)(F)C(F)(F)C(F)(F)C(F)(F)F)(O[Si](C)(C)OCCOC(=O)C=C)O[Si](C)(C)OCCOC(=O)C=C. The van der Waals surface area contributed by atoms with E-state index >= 15 is 8.78 Å². The number of carbonyl (C=O) groups is 3. The number of halogens is 17. The molecule has 0 aromatic rings. The zero-order valence-corrected chi connectivity index (χ0v) is 37.7. The van der Waals surface area contributed by atoms with Crippen LogP contribution in [0.1, 0.15) is 12.8 Å². The number of ether oxygens (including phenoxy) is 3. The fraction of sp³-hybridized carbons (Fsp3) is 0.700. The van der Waals surface area contributed by atoms with Crippen LogP contribution in [0.15, 0.2) is 38.0 Å². The van der Waals surface area contributed by atoms with Crippen molar-refractivity contribution in [3.05, 3.63) is 38.0 Å². The third-order valence-electron chi connectivity index (χ3n) is 7.45. The minimum Gasteiger partial charge on any atom is -0.460 e. The van der Waals surface area contributed by atoms with Crippen molar-refractivity contribution >= 4 is 53.8 Å². The second-order valence-electron chi connectivity index (χ2n) is 13.2. The molecular formula is C30H41F17O12Si4. The summed E-state index contributed by atoms with van der Waals surface area (Å²) in [7, 11) is -15.5. The second kappa shape index (κ2) is 22.5. The molecule has 0 radical (unpaired) electrons. The van der Waals surface area contributed by atoms with Crippen LogP contribution >= 0.6 is 0 Å². The second-order valence-corrected chi connectivity index (χ2v) is 24.6. The van der Waals surface area contributed by atoms with E-state index in [9.17, 15) is 80.2 Å². The average molecular weight is 1030 g/mol. The molecule has 0 aromatic heterocycles. The normalized spacial score (nSPS) is 14.4. The monoisotopic (exact) mass is 1030 g/mol. The molecule has 0 bridgehead atoms. The maximum Gasteiger partial charge on any atom is 0.473 e. The van der Waals surface area contributed by atoms with Gasteiger partial charge in [0, 0.05) is 30.7 Å². The van der Waals surface area contributed by atoms with Crippen LogP contribution in [0.3, 0.4) is 0 Å². The molecule has 0 fully saturated rings. The Balaban J connectivity index is 7.09. The van der Waals surface area contributed by atoms with Gasteiger partial charge in [-0.15, -0.1) is 0 Å². The van der Waals surface area contributed by atoms with Crippen molar-refractivity contribution < 1.29 is 129 Å². The third kappa shape index (κ3) is 15.3. The summed E-state index contributed by atoms with van der Waals surface area (Å²) in [5.74, 6) is -60.5. The number of rotatable bonds is 31. The molecule has 33 heteroatoms. The van der Waals surface area contributed by atoms with E-state index in [0.717, 1.165) is 18.2 Å². The smallest absolute Gasteiger partial charge is 0.460 e. The first-order valence-electron chi connectivity index (χ1n) is 17.2. The summed E-state index contributed by atoms with van der Waals surface area (Å²) >= 11 is 0. The molecular weight excluding hydrogens is 988 g/mol. The van der Waals surface area contributed by atoms with E-state index < -0.39 is 160 Å². The van der Waals surface area contributed by atoms with E-state index in [-0.39, 0.29) is 0 Å². The molecule has 12 nitrogen and oxygen atoms in total. The summed E-state index contributed by atoms with van der Waals surface area (Å²) in [6.07, 6.45) is -10.2. The number of hydrogen-bond donors (Lipinski definition) is 0. The van der Waals surface area contributed by atoms with Gasteiger partial charge in [0.25, 0.3) is 10.0 Å². The van der Waals surface area contributed by atoms with Gasteiger partial charge in [0.15, 0.2) is 0 Å². The van der Waals surface area contributed by atoms with Gasteiger partial charge in [-0.3, -0.25) is 0 Å². The molecule has 0 aromatic carbocycles. The Labute approximate surface area is 352 Å². The van der Waals surface area contributed by atoms with Crippen molar-refractivity contribution in [3.8, 4) is 0 Å². The van der Waals surface area contributed by atoms with Crippen LogP contribution in [0.2, 0.25) is 32.2 Å². The van der Waals surface area contributed by atoms with Crippen molar-refractivity contribution in [2.45, 2.75) is 92.7 Å². The summed E-state index contributed by atoms with van der Waals surface area (Å²) in [5, 5.41) is 0. The number of carbonyl (C=O) groups excluding carboxylic acids is 3. The highest BCUT2D eigenvalue weighted by Gasteiger charge is 2.95. The molecule has 0 N–H and O–H groups in total. The summed E-state index contributed by atoms with van der Waals surface area (Å²) in [6, 6.07) is -1.30. The molecule has 0 atom stereocenters. The summed E-state index contributed by atoms with van der Waals surface area (Å²) in [4.78, 5) is 34.1. The van der Waals surface area contributed by atoms with Gasteiger partial charge in [0.2, 0.25) is 0 Å². The van der Waals surface area contributed by atoms with E-state index in [1.165, 1.54) is 26.2 Å². The highest BCUT2D eigenvalue weighted by molar-refractivity contribution is 6.84. The zero-order valence-electron chi connectivity index (χ0n) is 33.2. The van der Waals surface area contributed by atoms with Crippen LogP contribution in [-0.2, 0) is 54.2 Å². The van der Waals surface area contributed by atoms with Crippen LogP contribution in [0.5, 0.6) is 0 Å². The fourth-order valence-corrected chi connectivity index (χ4v) is 17.3. The predicted octanol–water partition coefficient (Wildman–Crippen LogP) is 7.40. The lowest BCUT2D eigenvalue weighted by atomic mass is 9.88. The van der Waals surface area contributed by atoms with Crippen LogP contribution < -0.4 is 0 Å². The summed E-state index contributed by atoms with van der Waals surface area (Å²) in [6.45, 7) is 11.3. The molecule has 63 heavy (non-hydrogen) atoms. The molecule has 0 spiro atoms. The topological polar surface area (TPSA) is 134 Å². The van der Waals surface area contributed by atoms with Gasteiger partial charge in [-0.05, 0) is 32.6 Å². The number of hydrogen-bond acceptors (Lipinski definition) is 12. The first kappa shape index (κ1) is 60.1. The first-order chi connectivity index (χ1) is 28.2. The fourth-order valence-electron chi connectivity index (χ4n) is 4.37. The molecule has 0 aliphatic heterocycles. The van der Waals surface area contributed by atoms with Gasteiger partial charge < -0.3 is 39.8 Å². The third-order valence-corrected chi connectivity index (χ3v) is 19.3. The Hall–Kier alpha value is -2.93. The number of esters is 3. The summed E-state index contributed by atoms with van der Waals surface area (Å²) < 4.78 is 285. The maximum atomic E-state index is 15.0. The molecule has 368 valence electrons. The lowest BCUT2D eigenvalue weighted by Crippen LogP contribution is -2.74. The lowest BCUT2D eigenvalue weighted by Gasteiger charge is -2.43. The molecule has 0 heterocycles. The van der Waals surface area contributed by atoms with Crippen LogP contribution in [0.4, 0.5) is 74.6 Å². The van der Waals surface area contributed by atoms with Crippen molar-refractivity contribution in [2.24, 2.45) is 0 Å². The Morgan fingerprint density at radius 3 is 1.19 bits per heavy atom. The quantitative estimate of drug-likeness (QED) is 0.0171. The van der Waals surface area contributed by atoms with Crippen molar-refractivity contribution in [2.75, 3.05) is 39.6 Å². The Morgan fingerprint density at radius 1 is 0.508 bits per heavy atom. The molecule has 0 aliphatic carbocycles. The van der Waals surface area contributed by atoms with E-state index in [0.29, 0.717) is 0 Å². The lowest BCUT2D eigenvalue weighted by molar-refractivity contribution is -0.461. The standard InChI is InChI=1S/C30H41F17O12Si4/c1-8-20(48)51-13-16-54-60-57-63(58-61(4,5)55-17-14-52-21(49)9-2,59-62(6,7)56-18-15-53-22(50)10-3)19-11-12-23(31,32)24(33,34)25(35,36)26(37,38)27(39,40)28(41,42)29(43,44)30(45,46)47/h8-10H,1-3,11-19,60H2,4-7H3. The Bertz CT molecular complexity index is 1530. The van der Waals surface area contributed by atoms with E-state index in [1.807, 2.05) is 0 Å². The van der Waals surface area contributed by atoms with Crippen LogP contribution in [0.25, 0.3) is 0 Å². The minimum absolute atomic E-state index is 0.472. The van der Waals surface area contributed by atoms with E-state index in [4.69, 9.17) is 35.1 Å². The van der Waals surface area contributed by atoms with Gasteiger partial charge in [-0.1, -0.05) is 19.7 Å². The van der Waals surface area contributed by atoms with Gasteiger partial charge in [-0.25, -0.2) is 14.4 Å². The maximum absolute atomic E-state index is 15.0. The van der Waals surface area contributed by atoms with Gasteiger partial charge in [0.05, 0.1) is 19.8 Å². The highest BCUT2D eigenvalue weighted by atomic mass is 28.5. The first-order valence-corrected chi connectivity index (χ1v) is 25.9. The number of alkyl halides is 17. The highest BCUT2D eigenvalue weighted by Crippen LogP contribution is 2.64. The Morgan fingerprint density at radius 2 is 0.841 bits per heavy atom. The van der Waals surface area contributed by atoms with E-state index in [1.54, 1.807) is 0 Å². The predicted molar refractivity (Wildman–Crippen MR) is 189 cm³/mol. The van der Waals surface area contributed by atoms with Crippen LogP contribution in [0, 0.1) is 0 Å². The summed E-state index contributed by atoms with van der Waals surface area (Å²) in [5.41, 5.74) is 0. The minimum atomic E-state index is -8.80.